The molecule has 0 aromatic heterocycles. The number of piperidine rings is 1. The van der Waals surface area contributed by atoms with Crippen molar-refractivity contribution in [1.29, 1.82) is 0 Å². The molecule has 5 heteroatoms. The Balaban J connectivity index is 1.48. The number of morpholine rings is 1. The first-order chi connectivity index (χ1) is 11.6. The van der Waals surface area contributed by atoms with Crippen LogP contribution < -0.4 is 10.6 Å². The van der Waals surface area contributed by atoms with E-state index in [1.807, 2.05) is 24.3 Å². The molecule has 3 heterocycles. The van der Waals surface area contributed by atoms with Gasteiger partial charge in [-0.3, -0.25) is 4.79 Å². The predicted molar refractivity (Wildman–Crippen MR) is 94.5 cm³/mol. The Hall–Kier alpha value is -1.88. The molecule has 2 bridgehead atoms. The summed E-state index contributed by atoms with van der Waals surface area (Å²) in [5.74, 6) is -0.145. The third kappa shape index (κ3) is 2.93. The second-order valence-corrected chi connectivity index (χ2v) is 6.90. The smallest absolute Gasteiger partial charge is 0.255 e. The van der Waals surface area contributed by atoms with Gasteiger partial charge in [0.05, 0.1) is 6.61 Å². The zero-order valence-corrected chi connectivity index (χ0v) is 14.0. The maximum Gasteiger partial charge on any atom is 0.255 e. The van der Waals surface area contributed by atoms with Crippen LogP contribution in [0.3, 0.4) is 0 Å². The molecule has 3 aliphatic heterocycles. The maximum atomic E-state index is 12.2. The Labute approximate surface area is 146 Å². The molecule has 24 heavy (non-hydrogen) atoms. The minimum absolute atomic E-state index is 0.145. The summed E-state index contributed by atoms with van der Waals surface area (Å²) in [4.78, 5) is 12.2. The molecule has 124 valence electrons. The van der Waals surface area contributed by atoms with Crippen molar-refractivity contribution in [3.8, 4) is 0 Å². The van der Waals surface area contributed by atoms with Gasteiger partial charge in [0.2, 0.25) is 0 Å². The van der Waals surface area contributed by atoms with Gasteiger partial charge in [-0.05, 0) is 54.8 Å². The van der Waals surface area contributed by atoms with Crippen molar-refractivity contribution in [2.45, 2.75) is 24.5 Å². The lowest BCUT2D eigenvalue weighted by Crippen LogP contribution is -2.57. The lowest BCUT2D eigenvalue weighted by atomic mass is 9.81. The van der Waals surface area contributed by atoms with Gasteiger partial charge in [-0.25, -0.2) is 0 Å². The topological polar surface area (TPSA) is 50.4 Å². The van der Waals surface area contributed by atoms with Gasteiger partial charge in [-0.2, -0.15) is 0 Å². The number of carbonyl (C=O) groups is 1. The number of fused-ring (bicyclic) bond motifs is 3. The summed E-state index contributed by atoms with van der Waals surface area (Å²) in [5, 5.41) is 7.05. The first-order valence-corrected chi connectivity index (χ1v) is 8.57. The number of carbonyl (C=O) groups excluding carboxylic acids is 1. The van der Waals surface area contributed by atoms with Crippen LogP contribution in [0.4, 0.5) is 5.69 Å². The third-order valence-corrected chi connectivity index (χ3v) is 5.16. The van der Waals surface area contributed by atoms with Crippen LogP contribution in [0.25, 0.3) is 0 Å². The second kappa shape index (κ2) is 6.20. The standard InChI is InChI=1S/C19H19ClN2O2/c20-15-5-1-13(2-6-15)18(23)22-16-7-3-14(4-8-16)19-10-9-17(11-24-19)21-12-19/h1-8,17,21H,9-12H2,(H,22,23)/t17-,19-/m0/s1. The molecule has 4 nitrogen and oxygen atoms in total. The molecule has 3 aliphatic rings. The molecule has 3 fully saturated rings. The molecule has 0 radical (unpaired) electrons. The van der Waals surface area contributed by atoms with Crippen molar-refractivity contribution in [2.24, 2.45) is 0 Å². The SMILES string of the molecule is O=C(Nc1ccc([C@@]23CC[C@@H](CO2)NC3)cc1)c1ccc(Cl)cc1. The molecule has 2 N–H and O–H groups in total. The quantitative estimate of drug-likeness (QED) is 0.896. The number of anilines is 1. The van der Waals surface area contributed by atoms with Crippen LogP contribution in [-0.2, 0) is 10.3 Å². The summed E-state index contributed by atoms with van der Waals surface area (Å²) in [7, 11) is 0. The Kier molecular flexibility index (Phi) is 4.04. The minimum atomic E-state index is -0.215. The number of benzene rings is 2. The van der Waals surface area contributed by atoms with E-state index in [1.165, 1.54) is 0 Å². The van der Waals surface area contributed by atoms with Crippen molar-refractivity contribution < 1.29 is 9.53 Å². The van der Waals surface area contributed by atoms with E-state index in [1.54, 1.807) is 24.3 Å². The summed E-state index contributed by atoms with van der Waals surface area (Å²) in [5.41, 5.74) is 2.30. The Morgan fingerprint density at radius 1 is 1.17 bits per heavy atom. The van der Waals surface area contributed by atoms with E-state index in [-0.39, 0.29) is 11.5 Å². The zero-order chi connectivity index (χ0) is 16.6. The van der Waals surface area contributed by atoms with E-state index >= 15 is 0 Å². The number of hydrogen-bond acceptors (Lipinski definition) is 3. The first kappa shape index (κ1) is 15.6. The Bertz CT molecular complexity index is 721. The van der Waals surface area contributed by atoms with E-state index in [4.69, 9.17) is 16.3 Å². The minimum Gasteiger partial charge on any atom is -0.367 e. The molecule has 2 atom stereocenters. The molecule has 1 amide bonds. The predicted octanol–water partition coefficient (Wildman–Crippen LogP) is 3.57. The van der Waals surface area contributed by atoms with Crippen molar-refractivity contribution in [1.82, 2.24) is 5.32 Å². The number of ether oxygens (including phenoxy) is 1. The molecule has 0 aliphatic carbocycles. The number of nitrogens with one attached hydrogen (secondary N) is 2. The number of amides is 1. The largest absolute Gasteiger partial charge is 0.367 e. The monoisotopic (exact) mass is 342 g/mol. The van der Waals surface area contributed by atoms with Gasteiger partial charge < -0.3 is 15.4 Å². The van der Waals surface area contributed by atoms with Crippen LogP contribution in [-0.4, -0.2) is 25.1 Å². The van der Waals surface area contributed by atoms with Gasteiger partial charge in [0.1, 0.15) is 5.60 Å². The van der Waals surface area contributed by atoms with E-state index < -0.39 is 0 Å². The van der Waals surface area contributed by atoms with Crippen molar-refractivity contribution >= 4 is 23.2 Å². The van der Waals surface area contributed by atoms with Gasteiger partial charge in [0.25, 0.3) is 5.91 Å². The van der Waals surface area contributed by atoms with Crippen LogP contribution in [0.5, 0.6) is 0 Å². The van der Waals surface area contributed by atoms with Crippen molar-refractivity contribution in [2.75, 3.05) is 18.5 Å². The Morgan fingerprint density at radius 3 is 2.50 bits per heavy atom. The van der Waals surface area contributed by atoms with Gasteiger partial charge in [-0.15, -0.1) is 0 Å². The summed E-state index contributed by atoms with van der Waals surface area (Å²) in [6.45, 7) is 1.63. The highest BCUT2D eigenvalue weighted by Crippen LogP contribution is 2.38. The van der Waals surface area contributed by atoms with Crippen molar-refractivity contribution in [3.05, 3.63) is 64.7 Å². The normalized spacial score (nSPS) is 25.5. The maximum absolute atomic E-state index is 12.2. The fraction of sp³-hybridized carbons (Fsp3) is 0.316. The lowest BCUT2D eigenvalue weighted by Gasteiger charge is -2.47. The first-order valence-electron chi connectivity index (χ1n) is 8.19. The summed E-state index contributed by atoms with van der Waals surface area (Å²) < 4.78 is 6.09. The van der Waals surface area contributed by atoms with Crippen molar-refractivity contribution in [3.63, 3.8) is 0 Å². The number of hydrogen-bond donors (Lipinski definition) is 2. The van der Waals surface area contributed by atoms with Gasteiger partial charge in [0.15, 0.2) is 0 Å². The average Bonchev–Trinajstić information content (AvgIpc) is 2.64. The van der Waals surface area contributed by atoms with Gasteiger partial charge in [0, 0.05) is 28.9 Å². The number of halogens is 1. The van der Waals surface area contributed by atoms with Crippen LogP contribution >= 0.6 is 11.6 Å². The highest BCUT2D eigenvalue weighted by atomic mass is 35.5. The van der Waals surface area contributed by atoms with E-state index in [0.717, 1.165) is 37.2 Å². The van der Waals surface area contributed by atoms with Crippen LogP contribution in [0.2, 0.25) is 5.02 Å². The molecule has 2 aromatic carbocycles. The summed E-state index contributed by atoms with van der Waals surface area (Å²) in [6, 6.07) is 15.3. The van der Waals surface area contributed by atoms with Crippen LogP contribution in [0.1, 0.15) is 28.8 Å². The van der Waals surface area contributed by atoms with Gasteiger partial charge in [-0.1, -0.05) is 23.7 Å². The molecular weight excluding hydrogens is 324 g/mol. The fourth-order valence-corrected chi connectivity index (χ4v) is 3.55. The summed E-state index contributed by atoms with van der Waals surface area (Å²) >= 11 is 5.85. The molecule has 5 rings (SSSR count). The van der Waals surface area contributed by atoms with E-state index in [2.05, 4.69) is 10.6 Å². The third-order valence-electron chi connectivity index (χ3n) is 4.91. The second-order valence-electron chi connectivity index (χ2n) is 6.46. The van der Waals surface area contributed by atoms with Crippen LogP contribution in [0.15, 0.2) is 48.5 Å². The lowest BCUT2D eigenvalue weighted by molar-refractivity contribution is -0.129. The van der Waals surface area contributed by atoms with Crippen LogP contribution in [0, 0.1) is 0 Å². The highest BCUT2D eigenvalue weighted by Gasteiger charge is 2.42. The molecule has 2 aromatic rings. The number of rotatable bonds is 3. The average molecular weight is 343 g/mol. The van der Waals surface area contributed by atoms with Gasteiger partial charge >= 0.3 is 0 Å². The molecule has 3 saturated heterocycles. The molecule has 0 unspecified atom stereocenters. The molecule has 0 spiro atoms. The highest BCUT2D eigenvalue weighted by molar-refractivity contribution is 6.30. The Morgan fingerprint density at radius 2 is 1.92 bits per heavy atom. The van der Waals surface area contributed by atoms with E-state index in [0.29, 0.717) is 16.6 Å². The molecule has 0 saturated carbocycles. The summed E-state index contributed by atoms with van der Waals surface area (Å²) in [6.07, 6.45) is 2.19. The molecular formula is C19H19ClN2O2. The fourth-order valence-electron chi connectivity index (χ4n) is 3.42. The van der Waals surface area contributed by atoms with E-state index in [9.17, 15) is 4.79 Å². The zero-order valence-electron chi connectivity index (χ0n) is 13.2.